The van der Waals surface area contributed by atoms with Gasteiger partial charge in [-0.15, -0.1) is 0 Å². The molecule has 2 fully saturated rings. The van der Waals surface area contributed by atoms with Crippen molar-refractivity contribution in [2.75, 3.05) is 6.61 Å². The number of hydrogen-bond acceptors (Lipinski definition) is 4. The number of fused-ring (bicyclic) bond motifs is 2. The zero-order valence-corrected chi connectivity index (χ0v) is 14.0. The van der Waals surface area contributed by atoms with Crippen molar-refractivity contribution < 1.29 is 22.7 Å². The second-order valence-electron chi connectivity index (χ2n) is 6.47. The van der Waals surface area contributed by atoms with Crippen molar-refractivity contribution in [2.24, 2.45) is 5.92 Å². The highest BCUT2D eigenvalue weighted by atomic mass is 35.5. The number of ketones is 1. The Hall–Kier alpha value is -1.94. The molecule has 25 heavy (non-hydrogen) atoms. The van der Waals surface area contributed by atoms with Gasteiger partial charge in [-0.1, -0.05) is 11.6 Å². The summed E-state index contributed by atoms with van der Waals surface area (Å²) in [5.41, 5.74) is -0.989. The summed E-state index contributed by atoms with van der Waals surface area (Å²) in [5, 5.41) is 8.72. The first-order chi connectivity index (χ1) is 11.8. The Morgan fingerprint density at radius 3 is 2.80 bits per heavy atom. The molecule has 2 heterocycles. The predicted molar refractivity (Wildman–Crippen MR) is 83.9 cm³/mol. The summed E-state index contributed by atoms with van der Waals surface area (Å²) in [6, 6.07) is 3.53. The van der Waals surface area contributed by atoms with Crippen LogP contribution in [-0.2, 0) is 11.0 Å². The lowest BCUT2D eigenvalue weighted by atomic mass is 9.86. The highest BCUT2D eigenvalue weighted by Gasteiger charge is 2.46. The van der Waals surface area contributed by atoms with Crippen LogP contribution in [0.15, 0.2) is 18.2 Å². The largest absolute Gasteiger partial charge is 0.486 e. The van der Waals surface area contributed by atoms with E-state index in [1.807, 2.05) is 0 Å². The highest BCUT2D eigenvalue weighted by molar-refractivity contribution is 6.31. The Morgan fingerprint density at radius 2 is 2.16 bits per heavy atom. The number of nitriles is 1. The van der Waals surface area contributed by atoms with Gasteiger partial charge in [0.25, 0.3) is 0 Å². The zero-order valence-electron chi connectivity index (χ0n) is 13.2. The molecule has 0 amide bonds. The van der Waals surface area contributed by atoms with Crippen LogP contribution in [-0.4, -0.2) is 29.4 Å². The van der Waals surface area contributed by atoms with E-state index in [9.17, 15) is 18.0 Å². The number of carbonyl (C=O) groups excluding carboxylic acids is 1. The monoisotopic (exact) mass is 372 g/mol. The molecule has 2 saturated heterocycles. The van der Waals surface area contributed by atoms with Gasteiger partial charge in [-0.05, 0) is 43.4 Å². The first-order valence-corrected chi connectivity index (χ1v) is 8.36. The molecule has 0 N–H and O–H groups in total. The van der Waals surface area contributed by atoms with Crippen molar-refractivity contribution in [3.63, 3.8) is 0 Å². The van der Waals surface area contributed by atoms with E-state index in [4.69, 9.17) is 21.6 Å². The molecule has 3 atom stereocenters. The average molecular weight is 373 g/mol. The fraction of sp³-hybridized carbons (Fsp3) is 0.529. The van der Waals surface area contributed by atoms with Crippen molar-refractivity contribution in [1.29, 1.82) is 5.26 Å². The molecule has 2 aliphatic rings. The number of rotatable bonds is 5. The molecule has 0 aromatic heterocycles. The highest BCUT2D eigenvalue weighted by Crippen LogP contribution is 2.42. The van der Waals surface area contributed by atoms with E-state index in [0.29, 0.717) is 0 Å². The van der Waals surface area contributed by atoms with E-state index in [2.05, 4.69) is 6.19 Å². The summed E-state index contributed by atoms with van der Waals surface area (Å²) in [4.78, 5) is 13.9. The molecule has 134 valence electrons. The predicted octanol–water partition coefficient (Wildman–Crippen LogP) is 4.03. The Morgan fingerprint density at radius 1 is 1.40 bits per heavy atom. The molecular weight excluding hydrogens is 357 g/mol. The lowest BCUT2D eigenvalue weighted by Gasteiger charge is -2.19. The number of ether oxygens (including phenoxy) is 1. The molecule has 0 spiro atoms. The first kappa shape index (κ1) is 17.9. The van der Waals surface area contributed by atoms with Gasteiger partial charge in [-0.3, -0.25) is 4.79 Å². The van der Waals surface area contributed by atoms with Crippen molar-refractivity contribution in [3.05, 3.63) is 28.8 Å². The molecule has 3 rings (SSSR count). The molecule has 4 nitrogen and oxygen atoms in total. The number of benzene rings is 1. The summed E-state index contributed by atoms with van der Waals surface area (Å²) in [6.45, 7) is -0.292. The van der Waals surface area contributed by atoms with Gasteiger partial charge in [-0.25, -0.2) is 0 Å². The Kier molecular flexibility index (Phi) is 4.83. The summed E-state index contributed by atoms with van der Waals surface area (Å²) in [7, 11) is 0. The number of alkyl halides is 3. The molecule has 2 aliphatic heterocycles. The normalized spacial score (nSPS) is 25.1. The number of Topliss-reactive ketones (excluding diaryl/α,β-unsaturated/α-hetero) is 1. The van der Waals surface area contributed by atoms with Crippen LogP contribution in [0.1, 0.15) is 31.2 Å². The lowest BCUT2D eigenvalue weighted by molar-refractivity contribution is -0.137. The molecule has 0 unspecified atom stereocenters. The molecule has 8 heteroatoms. The molecular formula is C17H16ClF3N2O2. The molecule has 1 aromatic rings. The van der Waals surface area contributed by atoms with Crippen LogP contribution in [0.5, 0.6) is 5.75 Å². The smallest absolute Gasteiger partial charge is 0.417 e. The van der Waals surface area contributed by atoms with Crippen LogP contribution in [0.3, 0.4) is 0 Å². The Labute approximate surface area is 148 Å². The summed E-state index contributed by atoms with van der Waals surface area (Å²) >= 11 is 5.55. The fourth-order valence-electron chi connectivity index (χ4n) is 3.81. The summed E-state index contributed by atoms with van der Waals surface area (Å²) in [5.74, 6) is -0.110. The van der Waals surface area contributed by atoms with Gasteiger partial charge < -0.3 is 9.64 Å². The van der Waals surface area contributed by atoms with Crippen molar-refractivity contribution in [1.82, 2.24) is 4.90 Å². The van der Waals surface area contributed by atoms with Crippen LogP contribution >= 0.6 is 11.6 Å². The SMILES string of the molecule is N#CN1[C@H]2CC[C@@H]1[C@H](CC(=O)COc1ccc(Cl)c(C(F)(F)F)c1)C2. The Balaban J connectivity index is 1.56. The van der Waals surface area contributed by atoms with E-state index in [1.165, 1.54) is 6.07 Å². The van der Waals surface area contributed by atoms with Crippen LogP contribution in [0, 0.1) is 17.4 Å². The molecule has 0 saturated carbocycles. The summed E-state index contributed by atoms with van der Waals surface area (Å²) < 4.78 is 43.7. The maximum absolute atomic E-state index is 12.8. The molecule has 0 radical (unpaired) electrons. The molecule has 1 aromatic carbocycles. The van der Waals surface area contributed by atoms with E-state index in [0.717, 1.165) is 31.4 Å². The van der Waals surface area contributed by atoms with Gasteiger partial charge in [-0.2, -0.15) is 18.4 Å². The third kappa shape index (κ3) is 3.69. The lowest BCUT2D eigenvalue weighted by Crippen LogP contribution is -2.27. The second-order valence-corrected chi connectivity index (χ2v) is 6.88. The Bertz CT molecular complexity index is 717. The maximum Gasteiger partial charge on any atom is 0.417 e. The van der Waals surface area contributed by atoms with E-state index in [1.54, 1.807) is 4.90 Å². The number of halogens is 4. The van der Waals surface area contributed by atoms with Crippen LogP contribution in [0.2, 0.25) is 5.02 Å². The first-order valence-electron chi connectivity index (χ1n) is 7.99. The minimum Gasteiger partial charge on any atom is -0.486 e. The quantitative estimate of drug-likeness (QED) is 0.732. The van der Waals surface area contributed by atoms with E-state index < -0.39 is 16.8 Å². The molecule has 2 bridgehead atoms. The van der Waals surface area contributed by atoms with Crippen LogP contribution in [0.4, 0.5) is 13.2 Å². The van der Waals surface area contributed by atoms with Gasteiger partial charge in [0.15, 0.2) is 12.0 Å². The van der Waals surface area contributed by atoms with Gasteiger partial charge in [0.2, 0.25) is 0 Å². The van der Waals surface area contributed by atoms with Gasteiger partial charge in [0.1, 0.15) is 12.4 Å². The summed E-state index contributed by atoms with van der Waals surface area (Å²) in [6.07, 6.45) is 0.573. The van der Waals surface area contributed by atoms with Gasteiger partial charge in [0, 0.05) is 18.5 Å². The zero-order chi connectivity index (χ0) is 18.2. The number of hydrogen-bond donors (Lipinski definition) is 0. The van der Waals surface area contributed by atoms with E-state index >= 15 is 0 Å². The van der Waals surface area contributed by atoms with Gasteiger partial charge >= 0.3 is 6.18 Å². The average Bonchev–Trinajstić information content (AvgIpc) is 3.09. The minimum atomic E-state index is -4.58. The van der Waals surface area contributed by atoms with Crippen molar-refractivity contribution >= 4 is 17.4 Å². The fourth-order valence-corrected chi connectivity index (χ4v) is 4.04. The maximum atomic E-state index is 12.8. The van der Waals surface area contributed by atoms with E-state index in [-0.39, 0.29) is 42.6 Å². The van der Waals surface area contributed by atoms with Gasteiger partial charge in [0.05, 0.1) is 10.6 Å². The number of carbonyl (C=O) groups is 1. The van der Waals surface area contributed by atoms with Crippen molar-refractivity contribution in [3.8, 4) is 11.9 Å². The minimum absolute atomic E-state index is 0.0448. The second kappa shape index (κ2) is 6.75. The van der Waals surface area contributed by atoms with Crippen LogP contribution < -0.4 is 4.74 Å². The third-order valence-electron chi connectivity index (χ3n) is 4.91. The standard InChI is InChI=1S/C17H16ClF3N2O2/c18-15-3-2-13(7-14(15)17(19,20)21)25-8-12(24)6-10-5-11-1-4-16(10)23(11)9-22/h2-3,7,10-11,16H,1,4-6,8H2/t10-,11-,16+/m0/s1. The topological polar surface area (TPSA) is 53.3 Å². The van der Waals surface area contributed by atoms with Crippen molar-refractivity contribution in [2.45, 2.75) is 43.9 Å². The van der Waals surface area contributed by atoms with Crippen LogP contribution in [0.25, 0.3) is 0 Å². The third-order valence-corrected chi connectivity index (χ3v) is 5.24. The number of nitrogens with zero attached hydrogens (tertiary/aromatic N) is 2. The molecule has 0 aliphatic carbocycles.